The summed E-state index contributed by atoms with van der Waals surface area (Å²) < 4.78 is 5.36. The van der Waals surface area contributed by atoms with Gasteiger partial charge in [0, 0.05) is 0 Å². The Bertz CT molecular complexity index is 1060. The molecule has 0 bridgehead atoms. The van der Waals surface area contributed by atoms with E-state index in [-0.39, 0.29) is 21.8 Å². The molecule has 7 nitrogen and oxygen atoms in total. The maximum absolute atomic E-state index is 12.4. The molecule has 8 heteroatoms. The number of amides is 4. The molecule has 1 aliphatic rings. The monoisotopic (exact) mass is 426 g/mol. The van der Waals surface area contributed by atoms with E-state index in [1.54, 1.807) is 12.1 Å². The van der Waals surface area contributed by atoms with Crippen LogP contribution in [-0.2, 0) is 15.0 Å². The summed E-state index contributed by atoms with van der Waals surface area (Å²) in [6.07, 6.45) is 1.28. The van der Waals surface area contributed by atoms with Crippen LogP contribution in [0.5, 0.6) is 5.75 Å². The highest BCUT2D eigenvalue weighted by atomic mass is 35.5. The van der Waals surface area contributed by atoms with Gasteiger partial charge in [-0.2, -0.15) is 0 Å². The number of imide groups is 2. The standard InChI is InChI=1S/C22H19ClN2O5/c1-22(2,3)14-7-5-13(6-8-14)20(28)30-17-9-4-12(11-16(17)23)10-15-18(26)24-21(29)25-19(15)27/h4-11H,1-3H3,(H2,24,25,26,27,29). The normalized spacial score (nSPS) is 14.1. The number of carbonyl (C=O) groups is 4. The van der Waals surface area contributed by atoms with Crippen LogP contribution in [0.25, 0.3) is 6.08 Å². The zero-order chi connectivity index (χ0) is 22.1. The molecule has 0 aromatic heterocycles. The van der Waals surface area contributed by atoms with Crippen LogP contribution in [0, 0.1) is 0 Å². The lowest BCUT2D eigenvalue weighted by Gasteiger charge is -2.19. The molecular formula is C22H19ClN2O5. The number of benzene rings is 2. The van der Waals surface area contributed by atoms with Gasteiger partial charge in [-0.25, -0.2) is 9.59 Å². The lowest BCUT2D eigenvalue weighted by molar-refractivity contribution is -0.123. The molecule has 1 saturated heterocycles. The highest BCUT2D eigenvalue weighted by molar-refractivity contribution is 6.33. The van der Waals surface area contributed by atoms with Gasteiger partial charge in [-0.3, -0.25) is 20.2 Å². The Balaban J connectivity index is 1.76. The fourth-order valence-corrected chi connectivity index (χ4v) is 2.96. The Morgan fingerprint density at radius 1 is 0.967 bits per heavy atom. The number of barbiturate groups is 1. The first kappa shape index (κ1) is 21.3. The van der Waals surface area contributed by atoms with Crippen molar-refractivity contribution in [1.29, 1.82) is 0 Å². The van der Waals surface area contributed by atoms with E-state index in [9.17, 15) is 19.2 Å². The van der Waals surface area contributed by atoms with E-state index in [0.29, 0.717) is 11.1 Å². The Morgan fingerprint density at radius 3 is 2.10 bits per heavy atom. The first-order chi connectivity index (χ1) is 14.0. The van der Waals surface area contributed by atoms with E-state index < -0.39 is 23.8 Å². The van der Waals surface area contributed by atoms with Gasteiger partial charge in [0.05, 0.1) is 10.6 Å². The summed E-state index contributed by atoms with van der Waals surface area (Å²) >= 11 is 6.20. The molecule has 1 heterocycles. The van der Waals surface area contributed by atoms with Crippen molar-refractivity contribution in [2.75, 3.05) is 0 Å². The average molecular weight is 427 g/mol. The van der Waals surface area contributed by atoms with Crippen molar-refractivity contribution < 1.29 is 23.9 Å². The predicted octanol–water partition coefficient (Wildman–Crippen LogP) is 3.61. The van der Waals surface area contributed by atoms with Crippen molar-refractivity contribution in [2.45, 2.75) is 26.2 Å². The number of hydrogen-bond donors (Lipinski definition) is 2. The number of rotatable bonds is 3. The molecule has 0 spiro atoms. The summed E-state index contributed by atoms with van der Waals surface area (Å²) in [5, 5.41) is 4.09. The van der Waals surface area contributed by atoms with Crippen molar-refractivity contribution in [3.05, 3.63) is 69.8 Å². The molecule has 2 aromatic rings. The zero-order valence-corrected chi connectivity index (χ0v) is 17.3. The van der Waals surface area contributed by atoms with E-state index in [2.05, 4.69) is 20.8 Å². The van der Waals surface area contributed by atoms with Crippen molar-refractivity contribution in [3.63, 3.8) is 0 Å². The van der Waals surface area contributed by atoms with Gasteiger partial charge in [0.1, 0.15) is 11.3 Å². The average Bonchev–Trinajstić information content (AvgIpc) is 2.66. The third kappa shape index (κ3) is 4.75. The highest BCUT2D eigenvalue weighted by Crippen LogP contribution is 2.28. The second-order valence-corrected chi connectivity index (χ2v) is 8.11. The van der Waals surface area contributed by atoms with Crippen LogP contribution >= 0.6 is 11.6 Å². The molecule has 30 heavy (non-hydrogen) atoms. The topological polar surface area (TPSA) is 102 Å². The third-order valence-corrected chi connectivity index (χ3v) is 4.69. The smallest absolute Gasteiger partial charge is 0.343 e. The molecule has 0 atom stereocenters. The van der Waals surface area contributed by atoms with E-state index in [0.717, 1.165) is 5.56 Å². The Labute approximate surface area is 178 Å². The van der Waals surface area contributed by atoms with Crippen molar-refractivity contribution in [3.8, 4) is 5.75 Å². The van der Waals surface area contributed by atoms with Crippen LogP contribution in [0.2, 0.25) is 5.02 Å². The van der Waals surface area contributed by atoms with E-state index in [1.807, 2.05) is 22.8 Å². The van der Waals surface area contributed by atoms with Gasteiger partial charge in [0.25, 0.3) is 11.8 Å². The van der Waals surface area contributed by atoms with Crippen LogP contribution in [0.4, 0.5) is 4.79 Å². The summed E-state index contributed by atoms with van der Waals surface area (Å²) in [5.41, 5.74) is 1.62. The van der Waals surface area contributed by atoms with Gasteiger partial charge in [0.2, 0.25) is 0 Å². The largest absolute Gasteiger partial charge is 0.421 e. The number of ether oxygens (including phenoxy) is 1. The van der Waals surface area contributed by atoms with Gasteiger partial charge < -0.3 is 4.74 Å². The maximum Gasteiger partial charge on any atom is 0.343 e. The molecular weight excluding hydrogens is 408 g/mol. The summed E-state index contributed by atoms with van der Waals surface area (Å²) in [4.78, 5) is 47.1. The Kier molecular flexibility index (Phi) is 5.75. The minimum Gasteiger partial charge on any atom is -0.421 e. The molecule has 2 aromatic carbocycles. The Hall–Kier alpha value is -3.45. The number of nitrogens with one attached hydrogen (secondary N) is 2. The van der Waals surface area contributed by atoms with E-state index in [4.69, 9.17) is 16.3 Å². The predicted molar refractivity (Wildman–Crippen MR) is 111 cm³/mol. The lowest BCUT2D eigenvalue weighted by atomic mass is 9.87. The quantitative estimate of drug-likeness (QED) is 0.338. The molecule has 1 aliphatic heterocycles. The number of carbonyl (C=O) groups excluding carboxylic acids is 4. The fourth-order valence-electron chi connectivity index (χ4n) is 2.73. The minimum atomic E-state index is -0.877. The van der Waals surface area contributed by atoms with Crippen LogP contribution in [-0.4, -0.2) is 23.8 Å². The number of urea groups is 1. The number of esters is 1. The minimum absolute atomic E-state index is 0.0322. The zero-order valence-electron chi connectivity index (χ0n) is 16.5. The van der Waals surface area contributed by atoms with Gasteiger partial charge in [-0.1, -0.05) is 50.6 Å². The highest BCUT2D eigenvalue weighted by Gasteiger charge is 2.27. The first-order valence-electron chi connectivity index (χ1n) is 9.05. The molecule has 154 valence electrons. The SMILES string of the molecule is CC(C)(C)c1ccc(C(=O)Oc2ccc(C=C3C(=O)NC(=O)NC3=O)cc2Cl)cc1. The molecule has 0 aliphatic carbocycles. The summed E-state index contributed by atoms with van der Waals surface area (Å²) in [6, 6.07) is 10.7. The van der Waals surface area contributed by atoms with Crippen molar-refractivity contribution >= 4 is 41.5 Å². The summed E-state index contributed by atoms with van der Waals surface area (Å²) in [7, 11) is 0. The second kappa shape index (κ2) is 8.12. The molecule has 3 rings (SSSR count). The van der Waals surface area contributed by atoms with Gasteiger partial charge in [0.15, 0.2) is 0 Å². The summed E-state index contributed by atoms with van der Waals surface area (Å²) in [6.45, 7) is 6.24. The van der Waals surface area contributed by atoms with Crippen molar-refractivity contribution in [1.82, 2.24) is 10.6 Å². The van der Waals surface area contributed by atoms with Crippen molar-refractivity contribution in [2.24, 2.45) is 0 Å². The first-order valence-corrected chi connectivity index (χ1v) is 9.43. The van der Waals surface area contributed by atoms with Gasteiger partial charge >= 0.3 is 12.0 Å². The Morgan fingerprint density at radius 2 is 1.57 bits per heavy atom. The second-order valence-electron chi connectivity index (χ2n) is 7.70. The maximum atomic E-state index is 12.4. The third-order valence-electron chi connectivity index (χ3n) is 4.40. The van der Waals surface area contributed by atoms with Gasteiger partial charge in [-0.05, 0) is 46.9 Å². The number of hydrogen-bond acceptors (Lipinski definition) is 5. The number of halogens is 1. The van der Waals surface area contributed by atoms with Crippen LogP contribution < -0.4 is 15.4 Å². The van der Waals surface area contributed by atoms with E-state index in [1.165, 1.54) is 24.3 Å². The van der Waals surface area contributed by atoms with Crippen LogP contribution in [0.15, 0.2) is 48.0 Å². The fraction of sp³-hybridized carbons (Fsp3) is 0.182. The molecule has 0 radical (unpaired) electrons. The summed E-state index contributed by atoms with van der Waals surface area (Å²) in [5.74, 6) is -2.05. The van der Waals surface area contributed by atoms with Crippen LogP contribution in [0.3, 0.4) is 0 Å². The molecule has 1 fully saturated rings. The molecule has 2 N–H and O–H groups in total. The molecule has 0 saturated carbocycles. The molecule has 0 unspecified atom stereocenters. The molecule has 4 amide bonds. The van der Waals surface area contributed by atoms with Crippen LogP contribution in [0.1, 0.15) is 42.3 Å². The lowest BCUT2D eigenvalue weighted by Crippen LogP contribution is -2.51. The van der Waals surface area contributed by atoms with E-state index >= 15 is 0 Å². The van der Waals surface area contributed by atoms with Gasteiger partial charge in [-0.15, -0.1) is 0 Å².